The Morgan fingerprint density at radius 2 is 1.96 bits per heavy atom. The van der Waals surface area contributed by atoms with Gasteiger partial charge in [-0.2, -0.15) is 5.10 Å². The third-order valence-corrected chi connectivity index (χ3v) is 4.54. The van der Waals surface area contributed by atoms with Crippen molar-refractivity contribution in [3.8, 4) is 16.3 Å². The second-order valence-electron chi connectivity index (χ2n) is 4.94. The molecule has 0 fully saturated rings. The van der Waals surface area contributed by atoms with Crippen LogP contribution in [0.4, 0.5) is 5.69 Å². The van der Waals surface area contributed by atoms with E-state index in [4.69, 9.17) is 16.7 Å². The molecule has 0 unspecified atom stereocenters. The summed E-state index contributed by atoms with van der Waals surface area (Å²) in [6.07, 6.45) is 0. The SMILES string of the molecule is Cn1nc(-c2ccc(Cl)cc2)s/c1=N/c1cc(C(=O)O)ccc1O. The summed E-state index contributed by atoms with van der Waals surface area (Å²) in [6.45, 7) is 0. The first-order valence-electron chi connectivity index (χ1n) is 6.85. The molecule has 122 valence electrons. The molecule has 0 radical (unpaired) electrons. The topological polar surface area (TPSA) is 87.7 Å². The van der Waals surface area contributed by atoms with E-state index in [1.54, 1.807) is 23.9 Å². The van der Waals surface area contributed by atoms with Gasteiger partial charge in [-0.3, -0.25) is 0 Å². The van der Waals surface area contributed by atoms with E-state index in [1.165, 1.54) is 29.5 Å². The molecule has 8 heteroatoms. The van der Waals surface area contributed by atoms with Crippen LogP contribution in [0.2, 0.25) is 5.02 Å². The Balaban J connectivity index is 2.07. The minimum absolute atomic E-state index is 0.0524. The lowest BCUT2D eigenvalue weighted by Crippen LogP contribution is -2.11. The number of hydrogen-bond acceptors (Lipinski definition) is 5. The van der Waals surface area contributed by atoms with Crippen molar-refractivity contribution in [3.63, 3.8) is 0 Å². The molecule has 0 bridgehead atoms. The highest BCUT2D eigenvalue weighted by molar-refractivity contribution is 7.12. The molecule has 1 aromatic heterocycles. The number of carbonyl (C=O) groups is 1. The van der Waals surface area contributed by atoms with E-state index < -0.39 is 5.97 Å². The van der Waals surface area contributed by atoms with Crippen molar-refractivity contribution in [2.75, 3.05) is 0 Å². The number of carboxylic acid groups (broad SMARTS) is 1. The quantitative estimate of drug-likeness (QED) is 0.748. The Morgan fingerprint density at radius 3 is 2.62 bits per heavy atom. The number of carboxylic acids is 1. The monoisotopic (exact) mass is 361 g/mol. The molecule has 0 aliphatic heterocycles. The lowest BCUT2D eigenvalue weighted by atomic mass is 10.2. The first kappa shape index (κ1) is 16.2. The van der Waals surface area contributed by atoms with Crippen LogP contribution in [0.15, 0.2) is 47.5 Å². The Hall–Kier alpha value is -2.64. The average Bonchev–Trinajstić information content (AvgIpc) is 2.91. The molecule has 0 saturated heterocycles. The molecule has 0 aliphatic rings. The van der Waals surface area contributed by atoms with E-state index in [0.717, 1.165) is 10.6 Å². The Bertz CT molecular complexity index is 977. The molecule has 0 amide bonds. The fraction of sp³-hybridized carbons (Fsp3) is 0.0625. The van der Waals surface area contributed by atoms with Gasteiger partial charge in [0.15, 0.2) is 0 Å². The largest absolute Gasteiger partial charge is 0.506 e. The number of benzene rings is 2. The van der Waals surface area contributed by atoms with Gasteiger partial charge in [-0.05, 0) is 30.3 Å². The van der Waals surface area contributed by atoms with E-state index in [0.29, 0.717) is 9.82 Å². The number of aromatic hydroxyl groups is 1. The number of aromatic carboxylic acids is 1. The normalized spacial score (nSPS) is 11.7. The molecule has 2 aromatic carbocycles. The van der Waals surface area contributed by atoms with Gasteiger partial charge in [0.1, 0.15) is 16.4 Å². The summed E-state index contributed by atoms with van der Waals surface area (Å²) in [6, 6.07) is 11.2. The van der Waals surface area contributed by atoms with Gasteiger partial charge in [0.25, 0.3) is 0 Å². The molecule has 3 rings (SSSR count). The van der Waals surface area contributed by atoms with E-state index in [2.05, 4.69) is 10.1 Å². The summed E-state index contributed by atoms with van der Waals surface area (Å²) in [5, 5.41) is 24.7. The molecule has 0 spiro atoms. The standard InChI is InChI=1S/C16H12ClN3O3S/c1-20-16(18-12-8-10(15(22)23)4-7-13(12)21)24-14(19-20)9-2-5-11(17)6-3-9/h2-8,21H,1H3,(H,22,23)/b18-16+. The number of phenolic OH excluding ortho intramolecular Hbond substituents is 1. The van der Waals surface area contributed by atoms with Crippen LogP contribution >= 0.6 is 22.9 Å². The van der Waals surface area contributed by atoms with Gasteiger partial charge in [-0.1, -0.05) is 35.1 Å². The average molecular weight is 362 g/mol. The Morgan fingerprint density at radius 1 is 1.25 bits per heavy atom. The minimum atomic E-state index is -1.08. The first-order chi connectivity index (χ1) is 11.4. The summed E-state index contributed by atoms with van der Waals surface area (Å²) < 4.78 is 1.57. The van der Waals surface area contributed by atoms with Crippen LogP contribution in [-0.4, -0.2) is 26.0 Å². The van der Waals surface area contributed by atoms with Crippen LogP contribution in [0.25, 0.3) is 10.6 Å². The molecule has 24 heavy (non-hydrogen) atoms. The van der Waals surface area contributed by atoms with Crippen LogP contribution in [0.3, 0.4) is 0 Å². The second-order valence-corrected chi connectivity index (χ2v) is 6.33. The number of phenols is 1. The van der Waals surface area contributed by atoms with Crippen molar-refractivity contribution in [1.82, 2.24) is 9.78 Å². The molecule has 0 saturated carbocycles. The molecule has 3 aromatic rings. The Kier molecular flexibility index (Phi) is 4.37. The molecule has 0 aliphatic carbocycles. The number of rotatable bonds is 3. The number of aromatic nitrogens is 2. The smallest absolute Gasteiger partial charge is 0.335 e. The van der Waals surface area contributed by atoms with Crippen molar-refractivity contribution in [1.29, 1.82) is 0 Å². The zero-order chi connectivity index (χ0) is 17.3. The highest BCUT2D eigenvalue weighted by Gasteiger charge is 2.09. The van der Waals surface area contributed by atoms with Crippen LogP contribution in [0.5, 0.6) is 5.75 Å². The van der Waals surface area contributed by atoms with Crippen molar-refractivity contribution in [3.05, 3.63) is 57.9 Å². The predicted octanol–water partition coefficient (Wildman–Crippen LogP) is 3.44. The fourth-order valence-corrected chi connectivity index (χ4v) is 3.04. The summed E-state index contributed by atoms with van der Waals surface area (Å²) >= 11 is 7.20. The minimum Gasteiger partial charge on any atom is -0.506 e. The van der Waals surface area contributed by atoms with E-state index in [9.17, 15) is 9.90 Å². The number of hydrogen-bond donors (Lipinski definition) is 2. The number of aryl methyl sites for hydroxylation is 1. The lowest BCUT2D eigenvalue weighted by Gasteiger charge is -2.00. The van der Waals surface area contributed by atoms with Gasteiger partial charge >= 0.3 is 5.97 Å². The first-order valence-corrected chi connectivity index (χ1v) is 8.04. The molecule has 2 N–H and O–H groups in total. The zero-order valence-electron chi connectivity index (χ0n) is 12.5. The lowest BCUT2D eigenvalue weighted by molar-refractivity contribution is 0.0697. The summed E-state index contributed by atoms with van der Waals surface area (Å²) in [5.41, 5.74) is 1.12. The molecular formula is C16H12ClN3O3S. The van der Waals surface area contributed by atoms with Gasteiger partial charge in [0, 0.05) is 17.6 Å². The van der Waals surface area contributed by atoms with Crippen LogP contribution in [0.1, 0.15) is 10.4 Å². The maximum atomic E-state index is 11.1. The third kappa shape index (κ3) is 3.32. The maximum absolute atomic E-state index is 11.1. The molecule has 6 nitrogen and oxygen atoms in total. The molecule has 0 atom stereocenters. The highest BCUT2D eigenvalue weighted by Crippen LogP contribution is 2.27. The van der Waals surface area contributed by atoms with Crippen LogP contribution in [-0.2, 0) is 7.05 Å². The molecular weight excluding hydrogens is 350 g/mol. The van der Waals surface area contributed by atoms with Gasteiger partial charge in [0.2, 0.25) is 4.80 Å². The van der Waals surface area contributed by atoms with Gasteiger partial charge in [-0.25, -0.2) is 14.5 Å². The number of nitrogens with zero attached hydrogens (tertiary/aromatic N) is 3. The van der Waals surface area contributed by atoms with Crippen molar-refractivity contribution >= 4 is 34.6 Å². The number of halogens is 1. The van der Waals surface area contributed by atoms with E-state index >= 15 is 0 Å². The zero-order valence-corrected chi connectivity index (χ0v) is 14.0. The van der Waals surface area contributed by atoms with E-state index in [-0.39, 0.29) is 17.0 Å². The van der Waals surface area contributed by atoms with Gasteiger partial charge in [0.05, 0.1) is 5.56 Å². The van der Waals surface area contributed by atoms with Gasteiger partial charge < -0.3 is 10.2 Å². The predicted molar refractivity (Wildman–Crippen MR) is 91.8 cm³/mol. The summed E-state index contributed by atoms with van der Waals surface area (Å²) in [4.78, 5) is 15.9. The van der Waals surface area contributed by atoms with Crippen molar-refractivity contribution < 1.29 is 15.0 Å². The summed E-state index contributed by atoms with van der Waals surface area (Å²) in [5.74, 6) is -1.18. The van der Waals surface area contributed by atoms with E-state index in [1.807, 2.05) is 12.1 Å². The molecule has 1 heterocycles. The van der Waals surface area contributed by atoms with Crippen molar-refractivity contribution in [2.45, 2.75) is 0 Å². The highest BCUT2D eigenvalue weighted by atomic mass is 35.5. The summed E-state index contributed by atoms with van der Waals surface area (Å²) in [7, 11) is 1.73. The van der Waals surface area contributed by atoms with Crippen LogP contribution in [0, 0.1) is 0 Å². The van der Waals surface area contributed by atoms with Gasteiger partial charge in [-0.15, -0.1) is 0 Å². The van der Waals surface area contributed by atoms with Crippen molar-refractivity contribution in [2.24, 2.45) is 12.0 Å². The second kappa shape index (κ2) is 6.46. The maximum Gasteiger partial charge on any atom is 0.335 e. The third-order valence-electron chi connectivity index (χ3n) is 3.24. The van der Waals surface area contributed by atoms with Crippen LogP contribution < -0.4 is 4.80 Å². The Labute approximate surface area is 145 Å². The fourth-order valence-electron chi connectivity index (χ4n) is 2.01.